The fraction of sp³-hybridized carbons (Fsp3) is 0.583. The average molecular weight is 252 g/mol. The van der Waals surface area contributed by atoms with Crippen LogP contribution in [0.1, 0.15) is 11.7 Å². The van der Waals surface area contributed by atoms with Crippen LogP contribution in [-0.4, -0.2) is 49.8 Å². The van der Waals surface area contributed by atoms with Gasteiger partial charge in [0.1, 0.15) is 11.4 Å². The van der Waals surface area contributed by atoms with Gasteiger partial charge in [0.15, 0.2) is 0 Å². The predicted molar refractivity (Wildman–Crippen MR) is 68.1 cm³/mol. The summed E-state index contributed by atoms with van der Waals surface area (Å²) < 4.78 is 11.1. The maximum absolute atomic E-state index is 5.78. The van der Waals surface area contributed by atoms with Crippen molar-refractivity contribution in [1.82, 2.24) is 15.3 Å². The molecule has 0 amide bonds. The van der Waals surface area contributed by atoms with Crippen LogP contribution in [0.4, 0.5) is 0 Å². The predicted octanol–water partition coefficient (Wildman–Crippen LogP) is -0.0748. The minimum absolute atomic E-state index is 0.0300. The first-order valence-electron chi connectivity index (χ1n) is 6.01. The fourth-order valence-electron chi connectivity index (χ4n) is 2.18. The van der Waals surface area contributed by atoms with Crippen LogP contribution in [0, 0.1) is 0 Å². The molecule has 1 fully saturated rings. The number of nitrogens with zero attached hydrogens (tertiary/aromatic N) is 2. The van der Waals surface area contributed by atoms with Gasteiger partial charge in [0, 0.05) is 19.3 Å². The second-order valence-electron chi connectivity index (χ2n) is 4.41. The molecular weight excluding hydrogens is 232 g/mol. The van der Waals surface area contributed by atoms with Crippen molar-refractivity contribution in [3.63, 3.8) is 0 Å². The second kappa shape index (κ2) is 6.10. The second-order valence-corrected chi connectivity index (χ2v) is 4.41. The summed E-state index contributed by atoms with van der Waals surface area (Å²) >= 11 is 0. The summed E-state index contributed by atoms with van der Waals surface area (Å²) in [5.74, 6) is 6.38. The van der Waals surface area contributed by atoms with Crippen LogP contribution < -0.4 is 16.0 Å². The number of methoxy groups -OCH3 is 1. The van der Waals surface area contributed by atoms with Gasteiger partial charge in [0.05, 0.1) is 25.9 Å². The van der Waals surface area contributed by atoms with E-state index in [1.807, 2.05) is 12.1 Å². The first-order valence-corrected chi connectivity index (χ1v) is 6.01. The van der Waals surface area contributed by atoms with Crippen molar-refractivity contribution in [3.05, 3.63) is 24.0 Å². The minimum atomic E-state index is -0.177. The molecule has 3 N–H and O–H groups in total. The molecule has 100 valence electrons. The molecule has 1 saturated heterocycles. The number of ether oxygens (including phenoxy) is 2. The molecule has 0 saturated carbocycles. The number of likely N-dealkylation sites (N-methyl/N-ethyl adjacent to an activating group) is 1. The van der Waals surface area contributed by atoms with Crippen molar-refractivity contribution < 1.29 is 9.47 Å². The Hall–Kier alpha value is -1.21. The summed E-state index contributed by atoms with van der Waals surface area (Å²) in [6.45, 7) is 2.45. The summed E-state index contributed by atoms with van der Waals surface area (Å²) in [7, 11) is 3.70. The molecule has 1 aliphatic rings. The topological polar surface area (TPSA) is 72.6 Å². The summed E-state index contributed by atoms with van der Waals surface area (Å²) in [5.41, 5.74) is 3.57. The average Bonchev–Trinajstić information content (AvgIpc) is 2.40. The molecular formula is C12H20N4O2. The van der Waals surface area contributed by atoms with Crippen molar-refractivity contribution >= 4 is 0 Å². The highest BCUT2D eigenvalue weighted by Gasteiger charge is 2.30. The Balaban J connectivity index is 2.21. The van der Waals surface area contributed by atoms with E-state index in [1.54, 1.807) is 13.3 Å². The molecule has 0 aliphatic carbocycles. The highest BCUT2D eigenvalue weighted by molar-refractivity contribution is 5.30. The van der Waals surface area contributed by atoms with E-state index in [0.29, 0.717) is 6.61 Å². The van der Waals surface area contributed by atoms with Crippen molar-refractivity contribution in [2.75, 3.05) is 33.9 Å². The number of rotatable bonds is 4. The largest absolute Gasteiger partial charge is 0.495 e. The lowest BCUT2D eigenvalue weighted by molar-refractivity contribution is -0.0403. The summed E-state index contributed by atoms with van der Waals surface area (Å²) in [6.07, 6.45) is 1.70. The maximum Gasteiger partial charge on any atom is 0.142 e. The van der Waals surface area contributed by atoms with Gasteiger partial charge in [-0.05, 0) is 19.2 Å². The van der Waals surface area contributed by atoms with E-state index in [4.69, 9.17) is 15.3 Å². The van der Waals surface area contributed by atoms with Crippen LogP contribution in [0.3, 0.4) is 0 Å². The quantitative estimate of drug-likeness (QED) is 0.577. The highest BCUT2D eigenvalue weighted by Crippen LogP contribution is 2.27. The van der Waals surface area contributed by atoms with E-state index < -0.39 is 0 Å². The normalized spacial score (nSPS) is 22.7. The third-order valence-corrected chi connectivity index (χ3v) is 3.16. The SMILES string of the molecule is COc1cccnc1C(NN)C1CN(C)CCO1. The lowest BCUT2D eigenvalue weighted by atomic mass is 10.0. The standard InChI is InChI=1S/C12H20N4O2/c1-16-6-7-18-10(8-16)12(15-13)11-9(17-2)4-3-5-14-11/h3-5,10,12,15H,6-8,13H2,1-2H3. The molecule has 2 rings (SSSR count). The number of morpholine rings is 1. The number of nitrogens with one attached hydrogen (secondary N) is 1. The number of hydrogen-bond acceptors (Lipinski definition) is 6. The van der Waals surface area contributed by atoms with Gasteiger partial charge in [-0.3, -0.25) is 10.8 Å². The Morgan fingerprint density at radius 1 is 1.67 bits per heavy atom. The van der Waals surface area contributed by atoms with Crippen molar-refractivity contribution in [2.45, 2.75) is 12.1 Å². The number of pyridine rings is 1. The Morgan fingerprint density at radius 2 is 2.50 bits per heavy atom. The van der Waals surface area contributed by atoms with Gasteiger partial charge in [0.2, 0.25) is 0 Å². The Labute approximate surface area is 107 Å². The van der Waals surface area contributed by atoms with E-state index in [9.17, 15) is 0 Å². The molecule has 6 nitrogen and oxygen atoms in total. The Bertz CT molecular complexity index is 388. The lowest BCUT2D eigenvalue weighted by Gasteiger charge is -2.34. The van der Waals surface area contributed by atoms with E-state index in [0.717, 1.165) is 24.5 Å². The number of nitrogens with two attached hydrogens (primary N) is 1. The van der Waals surface area contributed by atoms with Crippen molar-refractivity contribution in [2.24, 2.45) is 5.84 Å². The first-order chi connectivity index (χ1) is 8.76. The zero-order chi connectivity index (χ0) is 13.0. The van der Waals surface area contributed by atoms with Gasteiger partial charge in [-0.15, -0.1) is 0 Å². The number of aromatic nitrogens is 1. The third-order valence-electron chi connectivity index (χ3n) is 3.16. The highest BCUT2D eigenvalue weighted by atomic mass is 16.5. The Morgan fingerprint density at radius 3 is 3.17 bits per heavy atom. The molecule has 2 heterocycles. The number of hydrogen-bond donors (Lipinski definition) is 2. The van der Waals surface area contributed by atoms with E-state index >= 15 is 0 Å². The zero-order valence-corrected chi connectivity index (χ0v) is 10.8. The van der Waals surface area contributed by atoms with Gasteiger partial charge in [-0.25, -0.2) is 5.43 Å². The van der Waals surface area contributed by atoms with E-state index in [2.05, 4.69) is 22.4 Å². The molecule has 2 atom stereocenters. The summed E-state index contributed by atoms with van der Waals surface area (Å²) in [5, 5.41) is 0. The molecule has 0 aromatic carbocycles. The van der Waals surface area contributed by atoms with Crippen molar-refractivity contribution in [1.29, 1.82) is 0 Å². The van der Waals surface area contributed by atoms with Crippen LogP contribution in [0.25, 0.3) is 0 Å². The Kier molecular flexibility index (Phi) is 4.48. The molecule has 1 aromatic rings. The molecule has 0 spiro atoms. The summed E-state index contributed by atoms with van der Waals surface area (Å²) in [4.78, 5) is 6.57. The van der Waals surface area contributed by atoms with Gasteiger partial charge >= 0.3 is 0 Å². The maximum atomic E-state index is 5.78. The molecule has 1 aromatic heterocycles. The number of hydrazine groups is 1. The molecule has 18 heavy (non-hydrogen) atoms. The fourth-order valence-corrected chi connectivity index (χ4v) is 2.18. The molecule has 2 unspecified atom stereocenters. The van der Waals surface area contributed by atoms with Gasteiger partial charge in [-0.1, -0.05) is 0 Å². The van der Waals surface area contributed by atoms with Crippen LogP contribution >= 0.6 is 0 Å². The monoisotopic (exact) mass is 252 g/mol. The smallest absolute Gasteiger partial charge is 0.142 e. The van der Waals surface area contributed by atoms with Gasteiger partial charge in [0.25, 0.3) is 0 Å². The summed E-state index contributed by atoms with van der Waals surface area (Å²) in [6, 6.07) is 3.53. The molecule has 0 bridgehead atoms. The minimum Gasteiger partial charge on any atom is -0.495 e. The zero-order valence-electron chi connectivity index (χ0n) is 10.8. The molecule has 6 heteroatoms. The molecule has 0 radical (unpaired) electrons. The molecule has 1 aliphatic heterocycles. The first kappa shape index (κ1) is 13.2. The van der Waals surface area contributed by atoms with Gasteiger partial charge < -0.3 is 14.4 Å². The van der Waals surface area contributed by atoms with Crippen LogP contribution in [0.5, 0.6) is 5.75 Å². The van der Waals surface area contributed by atoms with E-state index in [-0.39, 0.29) is 12.1 Å². The third kappa shape index (κ3) is 2.78. The van der Waals surface area contributed by atoms with Gasteiger partial charge in [-0.2, -0.15) is 0 Å². The van der Waals surface area contributed by atoms with E-state index in [1.165, 1.54) is 0 Å². The van der Waals surface area contributed by atoms with Crippen LogP contribution in [0.2, 0.25) is 0 Å². The van der Waals surface area contributed by atoms with Crippen LogP contribution in [-0.2, 0) is 4.74 Å². The van der Waals surface area contributed by atoms with Crippen LogP contribution in [0.15, 0.2) is 18.3 Å². The lowest BCUT2D eigenvalue weighted by Crippen LogP contribution is -2.48. The van der Waals surface area contributed by atoms with Crippen molar-refractivity contribution in [3.8, 4) is 5.75 Å².